The third-order valence-corrected chi connectivity index (χ3v) is 5.86. The highest BCUT2D eigenvalue weighted by atomic mass is 19.1. The van der Waals surface area contributed by atoms with Crippen molar-refractivity contribution in [1.29, 1.82) is 0 Å². The summed E-state index contributed by atoms with van der Waals surface area (Å²) < 4.78 is 14.0. The van der Waals surface area contributed by atoms with Crippen LogP contribution in [0.4, 0.5) is 15.8 Å². The van der Waals surface area contributed by atoms with E-state index in [9.17, 15) is 14.0 Å². The first-order chi connectivity index (χ1) is 16.1. The van der Waals surface area contributed by atoms with Crippen LogP contribution in [-0.4, -0.2) is 31.4 Å². The maximum atomic E-state index is 14.0. The molecule has 33 heavy (non-hydrogen) atoms. The molecule has 1 fully saturated rings. The Bertz CT molecular complexity index is 1110. The van der Waals surface area contributed by atoms with Gasteiger partial charge in [-0.1, -0.05) is 42.5 Å². The van der Waals surface area contributed by atoms with Crippen molar-refractivity contribution in [2.24, 2.45) is 0 Å². The van der Waals surface area contributed by atoms with Crippen molar-refractivity contribution in [1.82, 2.24) is 5.32 Å². The third kappa shape index (κ3) is 5.77. The van der Waals surface area contributed by atoms with Gasteiger partial charge in [0, 0.05) is 31.0 Å². The van der Waals surface area contributed by atoms with E-state index in [1.54, 1.807) is 18.2 Å². The van der Waals surface area contributed by atoms with Crippen molar-refractivity contribution in [2.75, 3.05) is 29.9 Å². The highest BCUT2D eigenvalue weighted by molar-refractivity contribution is 6.06. The number of amides is 2. The van der Waals surface area contributed by atoms with Gasteiger partial charge >= 0.3 is 0 Å². The molecule has 4 rings (SSSR count). The number of rotatable bonds is 7. The van der Waals surface area contributed by atoms with Crippen molar-refractivity contribution in [3.8, 4) is 0 Å². The number of hydrogen-bond donors (Lipinski definition) is 2. The van der Waals surface area contributed by atoms with Gasteiger partial charge in [0.15, 0.2) is 0 Å². The van der Waals surface area contributed by atoms with Crippen molar-refractivity contribution < 1.29 is 14.0 Å². The predicted octanol–water partition coefficient (Wildman–Crippen LogP) is 5.04. The van der Waals surface area contributed by atoms with E-state index >= 15 is 0 Å². The van der Waals surface area contributed by atoms with Crippen molar-refractivity contribution in [3.05, 3.63) is 95.3 Å². The van der Waals surface area contributed by atoms with Gasteiger partial charge < -0.3 is 15.5 Å². The minimum Gasteiger partial charge on any atom is -0.371 e. The summed E-state index contributed by atoms with van der Waals surface area (Å²) in [6.07, 6.45) is 4.09. The molecule has 0 aliphatic carbocycles. The first kappa shape index (κ1) is 22.5. The van der Waals surface area contributed by atoms with Gasteiger partial charge in [-0.25, -0.2) is 4.39 Å². The van der Waals surface area contributed by atoms with Crippen molar-refractivity contribution in [3.63, 3.8) is 0 Å². The van der Waals surface area contributed by atoms with Gasteiger partial charge in [-0.15, -0.1) is 0 Å². The number of carbonyl (C=O) groups is 2. The van der Waals surface area contributed by atoms with Crippen LogP contribution in [0.2, 0.25) is 0 Å². The van der Waals surface area contributed by atoms with Gasteiger partial charge in [0.2, 0.25) is 0 Å². The number of hydrogen-bond acceptors (Lipinski definition) is 3. The van der Waals surface area contributed by atoms with Gasteiger partial charge in [0.05, 0.1) is 11.1 Å². The Morgan fingerprint density at radius 3 is 2.30 bits per heavy atom. The normalized spacial score (nSPS) is 13.4. The molecule has 0 spiro atoms. The number of piperidine rings is 1. The molecule has 1 aliphatic heterocycles. The van der Waals surface area contributed by atoms with E-state index in [0.717, 1.165) is 43.6 Å². The molecule has 3 aromatic rings. The smallest absolute Gasteiger partial charge is 0.258 e. The number of anilines is 2. The van der Waals surface area contributed by atoms with E-state index < -0.39 is 11.7 Å². The maximum absolute atomic E-state index is 14.0. The topological polar surface area (TPSA) is 61.4 Å². The van der Waals surface area contributed by atoms with Crippen LogP contribution in [0.3, 0.4) is 0 Å². The van der Waals surface area contributed by atoms with Crippen molar-refractivity contribution in [2.45, 2.75) is 25.7 Å². The summed E-state index contributed by atoms with van der Waals surface area (Å²) in [5.74, 6) is -1.32. The maximum Gasteiger partial charge on any atom is 0.258 e. The second-order valence-corrected chi connectivity index (χ2v) is 8.21. The fourth-order valence-electron chi connectivity index (χ4n) is 4.11. The monoisotopic (exact) mass is 445 g/mol. The molecular weight excluding hydrogens is 417 g/mol. The summed E-state index contributed by atoms with van der Waals surface area (Å²) >= 11 is 0. The molecular formula is C27H28FN3O2. The Balaban J connectivity index is 1.53. The highest BCUT2D eigenvalue weighted by Crippen LogP contribution is 2.27. The zero-order valence-corrected chi connectivity index (χ0v) is 18.5. The molecule has 0 atom stereocenters. The van der Waals surface area contributed by atoms with E-state index in [0.29, 0.717) is 17.8 Å². The summed E-state index contributed by atoms with van der Waals surface area (Å²) in [5, 5.41) is 5.74. The second-order valence-electron chi connectivity index (χ2n) is 8.21. The number of benzene rings is 3. The molecule has 1 aliphatic rings. The van der Waals surface area contributed by atoms with Gasteiger partial charge in [-0.05, 0) is 61.6 Å². The lowest BCUT2D eigenvalue weighted by molar-refractivity contribution is 0.0953. The number of halogens is 1. The molecule has 2 N–H and O–H groups in total. The predicted molar refractivity (Wildman–Crippen MR) is 129 cm³/mol. The van der Waals surface area contributed by atoms with Crippen LogP contribution in [0.1, 0.15) is 45.5 Å². The average molecular weight is 446 g/mol. The lowest BCUT2D eigenvalue weighted by Crippen LogP contribution is -2.33. The first-order valence-corrected chi connectivity index (χ1v) is 11.4. The number of nitrogens with one attached hydrogen (secondary N) is 2. The summed E-state index contributed by atoms with van der Waals surface area (Å²) in [5.41, 5.74) is 2.94. The standard InChI is InChI=1S/C27H28FN3O2/c28-24-12-6-5-11-22(24)27(33)30-21-13-14-25(31-17-7-2-8-18-31)23(19-21)26(32)29-16-15-20-9-3-1-4-10-20/h1,3-6,9-14,19H,2,7-8,15-18H2,(H,29,32)(H,30,33). The summed E-state index contributed by atoms with van der Waals surface area (Å²) in [6, 6.07) is 21.1. The Morgan fingerprint density at radius 1 is 0.818 bits per heavy atom. The zero-order valence-electron chi connectivity index (χ0n) is 18.5. The van der Waals surface area contributed by atoms with Crippen molar-refractivity contribution >= 4 is 23.2 Å². The zero-order chi connectivity index (χ0) is 23.0. The molecule has 0 bridgehead atoms. The Labute approximate surface area is 193 Å². The molecule has 0 unspecified atom stereocenters. The van der Waals surface area contributed by atoms with E-state index in [2.05, 4.69) is 15.5 Å². The lowest BCUT2D eigenvalue weighted by atomic mass is 10.1. The van der Waals surface area contributed by atoms with E-state index in [1.165, 1.54) is 24.6 Å². The molecule has 3 aromatic carbocycles. The van der Waals surface area contributed by atoms with E-state index in [-0.39, 0.29) is 11.5 Å². The molecule has 5 nitrogen and oxygen atoms in total. The Hall–Kier alpha value is -3.67. The van der Waals surface area contributed by atoms with Gasteiger partial charge in [0.25, 0.3) is 11.8 Å². The quantitative estimate of drug-likeness (QED) is 0.536. The minimum atomic E-state index is -0.584. The molecule has 0 saturated carbocycles. The molecule has 0 radical (unpaired) electrons. The highest BCUT2D eigenvalue weighted by Gasteiger charge is 2.20. The molecule has 2 amide bonds. The first-order valence-electron chi connectivity index (χ1n) is 11.4. The minimum absolute atomic E-state index is 0.0357. The van der Waals surface area contributed by atoms with Crippen LogP contribution >= 0.6 is 0 Å². The van der Waals surface area contributed by atoms with Crippen LogP contribution < -0.4 is 15.5 Å². The van der Waals surface area contributed by atoms with Gasteiger partial charge in [0.1, 0.15) is 5.82 Å². The Kier molecular flexibility index (Phi) is 7.35. The van der Waals surface area contributed by atoms with E-state index in [1.807, 2.05) is 36.4 Å². The number of carbonyl (C=O) groups excluding carboxylic acids is 2. The summed E-state index contributed by atoms with van der Waals surface area (Å²) in [4.78, 5) is 27.9. The fraction of sp³-hybridized carbons (Fsp3) is 0.259. The molecule has 170 valence electrons. The fourth-order valence-corrected chi connectivity index (χ4v) is 4.11. The molecule has 1 heterocycles. The van der Waals surface area contributed by atoms with Gasteiger partial charge in [-0.2, -0.15) is 0 Å². The second kappa shape index (κ2) is 10.8. The van der Waals surface area contributed by atoms with Crippen LogP contribution in [0.5, 0.6) is 0 Å². The molecule has 6 heteroatoms. The van der Waals surface area contributed by atoms with Crippen LogP contribution in [0, 0.1) is 5.82 Å². The van der Waals surface area contributed by atoms with Crippen LogP contribution in [0.25, 0.3) is 0 Å². The molecule has 0 aromatic heterocycles. The largest absolute Gasteiger partial charge is 0.371 e. The average Bonchev–Trinajstić information content (AvgIpc) is 2.85. The summed E-state index contributed by atoms with van der Waals surface area (Å²) in [7, 11) is 0. The van der Waals surface area contributed by atoms with Crippen LogP contribution in [-0.2, 0) is 6.42 Å². The number of nitrogens with zero attached hydrogens (tertiary/aromatic N) is 1. The molecule has 1 saturated heterocycles. The van der Waals surface area contributed by atoms with E-state index in [4.69, 9.17) is 0 Å². The third-order valence-electron chi connectivity index (χ3n) is 5.86. The lowest BCUT2D eigenvalue weighted by Gasteiger charge is -2.30. The summed E-state index contributed by atoms with van der Waals surface area (Å²) in [6.45, 7) is 2.30. The van der Waals surface area contributed by atoms with Gasteiger partial charge in [-0.3, -0.25) is 9.59 Å². The van der Waals surface area contributed by atoms with Crippen LogP contribution in [0.15, 0.2) is 72.8 Å². The Morgan fingerprint density at radius 2 is 1.55 bits per heavy atom. The SMILES string of the molecule is O=C(Nc1ccc(N2CCCCC2)c(C(=O)NCCc2ccccc2)c1)c1ccccc1F.